The first-order valence-corrected chi connectivity index (χ1v) is 6.05. The van der Waals surface area contributed by atoms with Crippen molar-refractivity contribution in [1.82, 2.24) is 10.2 Å². The molecular weight excluding hydrogens is 208 g/mol. The van der Waals surface area contributed by atoms with Crippen molar-refractivity contribution in [2.24, 2.45) is 0 Å². The first-order valence-electron chi connectivity index (χ1n) is 6.05. The van der Waals surface area contributed by atoms with E-state index in [0.29, 0.717) is 25.7 Å². The number of carboxylic acid groups (broad SMARTS) is 1. The Labute approximate surface area is 95.8 Å². The summed E-state index contributed by atoms with van der Waals surface area (Å²) in [5.41, 5.74) is 0. The maximum Gasteiger partial charge on any atom is 0.320 e. The zero-order valence-electron chi connectivity index (χ0n) is 9.52. The van der Waals surface area contributed by atoms with Crippen LogP contribution in [0, 0.1) is 0 Å². The van der Waals surface area contributed by atoms with Gasteiger partial charge in [-0.15, -0.1) is 0 Å². The monoisotopic (exact) mass is 228 g/mol. The molecule has 0 spiro atoms. The lowest BCUT2D eigenvalue weighted by atomic mass is 10.1. The molecule has 1 saturated carbocycles. The highest BCUT2D eigenvalue weighted by Gasteiger charge is 2.27. The molecule has 92 valence electrons. The molecule has 1 saturated heterocycles. The van der Waals surface area contributed by atoms with Crippen LogP contribution in [0.3, 0.4) is 0 Å². The zero-order valence-corrected chi connectivity index (χ0v) is 9.52. The fourth-order valence-corrected chi connectivity index (χ4v) is 2.06. The van der Waals surface area contributed by atoms with Gasteiger partial charge in [0.2, 0.25) is 0 Å². The Bertz CT molecular complexity index is 237. The van der Waals surface area contributed by atoms with Crippen molar-refractivity contribution in [1.29, 1.82) is 0 Å². The summed E-state index contributed by atoms with van der Waals surface area (Å²) in [4.78, 5) is 13.2. The van der Waals surface area contributed by atoms with E-state index in [2.05, 4.69) is 5.32 Å². The van der Waals surface area contributed by atoms with E-state index in [9.17, 15) is 9.90 Å². The Kier molecular flexibility index (Phi) is 4.15. The van der Waals surface area contributed by atoms with Crippen molar-refractivity contribution in [2.45, 2.75) is 31.3 Å². The summed E-state index contributed by atoms with van der Waals surface area (Å²) < 4.78 is 5.23. The number of rotatable bonds is 6. The summed E-state index contributed by atoms with van der Waals surface area (Å²) in [5.74, 6) is -0.709. The van der Waals surface area contributed by atoms with Crippen LogP contribution in [0.5, 0.6) is 0 Å². The third kappa shape index (κ3) is 3.43. The van der Waals surface area contributed by atoms with Crippen molar-refractivity contribution < 1.29 is 14.6 Å². The number of morpholine rings is 1. The van der Waals surface area contributed by atoms with Crippen LogP contribution in [0.15, 0.2) is 0 Å². The van der Waals surface area contributed by atoms with E-state index in [1.165, 1.54) is 12.8 Å². The quantitative estimate of drug-likeness (QED) is 0.665. The number of ether oxygens (including phenoxy) is 1. The highest BCUT2D eigenvalue weighted by Crippen LogP contribution is 2.18. The normalized spacial score (nSPS) is 24.2. The van der Waals surface area contributed by atoms with Crippen LogP contribution in [-0.2, 0) is 9.53 Å². The van der Waals surface area contributed by atoms with Crippen LogP contribution in [0.2, 0.25) is 0 Å². The maximum absolute atomic E-state index is 11.2. The smallest absolute Gasteiger partial charge is 0.320 e. The van der Waals surface area contributed by atoms with Gasteiger partial charge in [-0.25, -0.2) is 0 Å². The lowest BCUT2D eigenvalue weighted by Gasteiger charge is -2.31. The molecule has 0 radical (unpaired) electrons. The highest BCUT2D eigenvalue weighted by atomic mass is 16.5. The van der Waals surface area contributed by atoms with Gasteiger partial charge in [0.15, 0.2) is 0 Å². The first kappa shape index (κ1) is 11.8. The van der Waals surface area contributed by atoms with E-state index in [1.807, 2.05) is 4.90 Å². The molecule has 0 amide bonds. The van der Waals surface area contributed by atoms with Crippen molar-refractivity contribution in [2.75, 3.05) is 32.8 Å². The molecule has 0 aromatic heterocycles. The first-order chi connectivity index (χ1) is 7.77. The minimum atomic E-state index is -0.709. The summed E-state index contributed by atoms with van der Waals surface area (Å²) in [6.45, 7) is 3.58. The van der Waals surface area contributed by atoms with Gasteiger partial charge in [-0.1, -0.05) is 0 Å². The van der Waals surface area contributed by atoms with Gasteiger partial charge in [-0.05, 0) is 25.8 Å². The molecule has 2 aliphatic rings. The van der Waals surface area contributed by atoms with Gasteiger partial charge in [0.25, 0.3) is 0 Å². The van der Waals surface area contributed by atoms with Crippen molar-refractivity contribution >= 4 is 5.97 Å². The number of nitrogens with zero attached hydrogens (tertiary/aromatic N) is 1. The molecule has 1 aliphatic carbocycles. The molecule has 5 nitrogen and oxygen atoms in total. The van der Waals surface area contributed by atoms with Gasteiger partial charge < -0.3 is 15.2 Å². The van der Waals surface area contributed by atoms with Crippen molar-refractivity contribution in [3.05, 3.63) is 0 Å². The Morgan fingerprint density at radius 1 is 1.44 bits per heavy atom. The molecule has 0 aromatic rings. The van der Waals surface area contributed by atoms with Gasteiger partial charge in [0.1, 0.15) is 6.04 Å². The molecule has 1 unspecified atom stereocenters. The van der Waals surface area contributed by atoms with Gasteiger partial charge in [-0.3, -0.25) is 9.69 Å². The Morgan fingerprint density at radius 2 is 2.12 bits per heavy atom. The number of carbonyl (C=O) groups is 1. The molecule has 5 heteroatoms. The van der Waals surface area contributed by atoms with Crippen LogP contribution in [0.25, 0.3) is 0 Å². The van der Waals surface area contributed by atoms with Crippen LogP contribution >= 0.6 is 0 Å². The molecule has 16 heavy (non-hydrogen) atoms. The van der Waals surface area contributed by atoms with Crippen LogP contribution in [0.4, 0.5) is 0 Å². The van der Waals surface area contributed by atoms with E-state index in [0.717, 1.165) is 19.6 Å². The van der Waals surface area contributed by atoms with Gasteiger partial charge in [0, 0.05) is 19.1 Å². The number of aliphatic carboxylic acids is 1. The van der Waals surface area contributed by atoms with Crippen molar-refractivity contribution in [3.63, 3.8) is 0 Å². The lowest BCUT2D eigenvalue weighted by molar-refractivity contribution is -0.145. The van der Waals surface area contributed by atoms with Crippen LogP contribution in [0.1, 0.15) is 19.3 Å². The molecule has 1 heterocycles. The summed E-state index contributed by atoms with van der Waals surface area (Å²) in [5, 5.41) is 12.6. The minimum absolute atomic E-state index is 0.352. The number of nitrogens with one attached hydrogen (secondary N) is 1. The summed E-state index contributed by atoms with van der Waals surface area (Å²) in [6, 6.07) is 0.300. The summed E-state index contributed by atoms with van der Waals surface area (Å²) in [6.07, 6.45) is 3.18. The van der Waals surface area contributed by atoms with Gasteiger partial charge in [-0.2, -0.15) is 0 Å². The second kappa shape index (κ2) is 5.61. The fourth-order valence-electron chi connectivity index (χ4n) is 2.06. The zero-order chi connectivity index (χ0) is 11.4. The summed E-state index contributed by atoms with van der Waals surface area (Å²) in [7, 11) is 0. The average Bonchev–Trinajstić information content (AvgIpc) is 3.09. The third-order valence-electron chi connectivity index (χ3n) is 3.20. The van der Waals surface area contributed by atoms with E-state index in [1.54, 1.807) is 0 Å². The standard InChI is InChI=1S/C11H20N2O3/c14-11(15)10(3-4-12-9-1-2-9)13-5-7-16-8-6-13/h9-10,12H,1-8H2,(H,14,15). The predicted molar refractivity (Wildman–Crippen MR) is 59.5 cm³/mol. The largest absolute Gasteiger partial charge is 0.480 e. The van der Waals surface area contributed by atoms with E-state index in [-0.39, 0.29) is 6.04 Å². The molecular formula is C11H20N2O3. The Hall–Kier alpha value is -0.650. The Morgan fingerprint density at radius 3 is 2.69 bits per heavy atom. The predicted octanol–water partition coefficient (Wildman–Crippen LogP) is -0.0861. The number of hydrogen-bond acceptors (Lipinski definition) is 4. The number of hydrogen-bond donors (Lipinski definition) is 2. The second-order valence-electron chi connectivity index (χ2n) is 4.52. The average molecular weight is 228 g/mol. The molecule has 1 atom stereocenters. The fraction of sp³-hybridized carbons (Fsp3) is 0.909. The Balaban J connectivity index is 1.75. The van der Waals surface area contributed by atoms with Gasteiger partial charge in [0.05, 0.1) is 13.2 Å². The van der Waals surface area contributed by atoms with E-state index < -0.39 is 5.97 Å². The van der Waals surface area contributed by atoms with E-state index in [4.69, 9.17) is 4.74 Å². The third-order valence-corrected chi connectivity index (χ3v) is 3.20. The van der Waals surface area contributed by atoms with Crippen LogP contribution < -0.4 is 5.32 Å². The minimum Gasteiger partial charge on any atom is -0.480 e. The number of carboxylic acids is 1. The second-order valence-corrected chi connectivity index (χ2v) is 4.52. The molecule has 2 fully saturated rings. The van der Waals surface area contributed by atoms with Crippen LogP contribution in [-0.4, -0.2) is 60.9 Å². The van der Waals surface area contributed by atoms with Gasteiger partial charge >= 0.3 is 5.97 Å². The highest BCUT2D eigenvalue weighted by molar-refractivity contribution is 5.73. The lowest BCUT2D eigenvalue weighted by Crippen LogP contribution is -2.48. The molecule has 0 bridgehead atoms. The van der Waals surface area contributed by atoms with Crippen molar-refractivity contribution in [3.8, 4) is 0 Å². The molecule has 2 rings (SSSR count). The molecule has 0 aromatic carbocycles. The topological polar surface area (TPSA) is 61.8 Å². The maximum atomic E-state index is 11.2. The summed E-state index contributed by atoms with van der Waals surface area (Å²) >= 11 is 0. The molecule has 1 aliphatic heterocycles. The van der Waals surface area contributed by atoms with E-state index >= 15 is 0 Å². The molecule has 2 N–H and O–H groups in total. The SMILES string of the molecule is O=C(O)C(CCNC1CC1)N1CCOCC1.